The fourth-order valence-corrected chi connectivity index (χ4v) is 1.54. The molecule has 0 fully saturated rings. The van der Waals surface area contributed by atoms with Gasteiger partial charge in [0, 0.05) is 12.1 Å². The van der Waals surface area contributed by atoms with Gasteiger partial charge in [0.25, 0.3) is 0 Å². The van der Waals surface area contributed by atoms with E-state index in [4.69, 9.17) is 0 Å². The molecule has 0 aromatic carbocycles. The van der Waals surface area contributed by atoms with E-state index in [1.54, 1.807) is 0 Å². The topological polar surface area (TPSA) is 41.1 Å². The van der Waals surface area contributed by atoms with Crippen molar-refractivity contribution in [1.82, 2.24) is 10.6 Å². The number of carbonyl (C=O) groups is 1. The summed E-state index contributed by atoms with van der Waals surface area (Å²) >= 11 is 0. The maximum Gasteiger partial charge on any atom is 0.237 e. The number of nitrogens with one attached hydrogen (secondary N) is 2. The molecule has 3 heteroatoms. The Labute approximate surface area is 100 Å². The minimum atomic E-state index is -0.114. The predicted octanol–water partition coefficient (Wildman–Crippen LogP) is 2.31. The van der Waals surface area contributed by atoms with Crippen LogP contribution in [-0.2, 0) is 4.79 Å². The van der Waals surface area contributed by atoms with Gasteiger partial charge in [0.15, 0.2) is 0 Å². The van der Waals surface area contributed by atoms with Crippen molar-refractivity contribution in [1.29, 1.82) is 0 Å². The highest BCUT2D eigenvalue weighted by atomic mass is 16.2. The van der Waals surface area contributed by atoms with Gasteiger partial charge in [-0.25, -0.2) is 0 Å². The van der Waals surface area contributed by atoms with Crippen LogP contribution in [0.25, 0.3) is 0 Å². The Hall–Kier alpha value is -0.570. The van der Waals surface area contributed by atoms with Gasteiger partial charge in [-0.15, -0.1) is 0 Å². The molecule has 0 aromatic rings. The lowest BCUT2D eigenvalue weighted by Gasteiger charge is -2.23. The van der Waals surface area contributed by atoms with Crippen LogP contribution in [0.15, 0.2) is 0 Å². The van der Waals surface area contributed by atoms with Crippen LogP contribution in [0, 0.1) is 5.92 Å². The molecule has 3 unspecified atom stereocenters. The summed E-state index contributed by atoms with van der Waals surface area (Å²) in [5.41, 5.74) is 0. The van der Waals surface area contributed by atoms with Gasteiger partial charge in [0.05, 0.1) is 6.04 Å². The van der Waals surface area contributed by atoms with Crippen molar-refractivity contribution < 1.29 is 4.79 Å². The van der Waals surface area contributed by atoms with Gasteiger partial charge in [-0.2, -0.15) is 0 Å². The molecule has 0 aliphatic rings. The first kappa shape index (κ1) is 15.4. The van der Waals surface area contributed by atoms with Crippen LogP contribution < -0.4 is 10.6 Å². The predicted molar refractivity (Wildman–Crippen MR) is 69.4 cm³/mol. The first-order valence-electron chi connectivity index (χ1n) is 6.44. The van der Waals surface area contributed by atoms with Crippen LogP contribution in [-0.4, -0.2) is 24.0 Å². The third kappa shape index (κ3) is 6.11. The van der Waals surface area contributed by atoms with Crippen molar-refractivity contribution in [2.24, 2.45) is 5.92 Å². The van der Waals surface area contributed by atoms with Crippen LogP contribution >= 0.6 is 0 Å². The van der Waals surface area contributed by atoms with Gasteiger partial charge in [-0.3, -0.25) is 4.79 Å². The van der Waals surface area contributed by atoms with E-state index >= 15 is 0 Å². The summed E-state index contributed by atoms with van der Waals surface area (Å²) in [6.45, 7) is 12.5. The minimum Gasteiger partial charge on any atom is -0.352 e. The van der Waals surface area contributed by atoms with Crippen molar-refractivity contribution in [3.63, 3.8) is 0 Å². The SMILES string of the molecule is CCCC(C)NC(=O)C(C)NC(C)C(C)C. The molecule has 0 saturated heterocycles. The molecular formula is C13H28N2O. The number of hydrogen-bond donors (Lipinski definition) is 2. The standard InChI is InChI=1S/C13H28N2O/c1-7-8-10(4)14-13(16)12(6)15-11(5)9(2)3/h9-12,15H,7-8H2,1-6H3,(H,14,16). The number of amides is 1. The summed E-state index contributed by atoms with van der Waals surface area (Å²) in [7, 11) is 0. The lowest BCUT2D eigenvalue weighted by Crippen LogP contribution is -2.49. The number of carbonyl (C=O) groups excluding carboxylic acids is 1. The molecule has 3 nitrogen and oxygen atoms in total. The average molecular weight is 228 g/mol. The summed E-state index contributed by atoms with van der Waals surface area (Å²) in [6, 6.07) is 0.523. The third-order valence-electron chi connectivity index (χ3n) is 3.02. The lowest BCUT2D eigenvalue weighted by molar-refractivity contribution is -0.123. The fourth-order valence-electron chi connectivity index (χ4n) is 1.54. The first-order chi connectivity index (χ1) is 7.38. The molecule has 0 radical (unpaired) electrons. The quantitative estimate of drug-likeness (QED) is 0.702. The summed E-state index contributed by atoms with van der Waals surface area (Å²) in [5, 5.41) is 6.34. The van der Waals surface area contributed by atoms with Gasteiger partial charge in [-0.1, -0.05) is 27.2 Å². The van der Waals surface area contributed by atoms with E-state index in [0.29, 0.717) is 12.0 Å². The van der Waals surface area contributed by atoms with Crippen LogP contribution in [0.5, 0.6) is 0 Å². The van der Waals surface area contributed by atoms with Gasteiger partial charge in [0.1, 0.15) is 0 Å². The zero-order chi connectivity index (χ0) is 12.7. The van der Waals surface area contributed by atoms with Gasteiger partial charge >= 0.3 is 0 Å². The second kappa shape index (κ2) is 7.66. The monoisotopic (exact) mass is 228 g/mol. The molecular weight excluding hydrogens is 200 g/mol. The van der Waals surface area contributed by atoms with E-state index in [0.717, 1.165) is 12.8 Å². The van der Waals surface area contributed by atoms with E-state index in [9.17, 15) is 4.79 Å². The normalized spacial score (nSPS) is 16.9. The molecule has 0 aromatic heterocycles. The van der Waals surface area contributed by atoms with Crippen molar-refractivity contribution in [3.8, 4) is 0 Å². The van der Waals surface area contributed by atoms with E-state index < -0.39 is 0 Å². The average Bonchev–Trinajstić information content (AvgIpc) is 2.17. The molecule has 0 bridgehead atoms. The third-order valence-corrected chi connectivity index (χ3v) is 3.02. The molecule has 3 atom stereocenters. The van der Waals surface area contributed by atoms with Crippen LogP contribution in [0.4, 0.5) is 0 Å². The second-order valence-electron chi connectivity index (χ2n) is 5.12. The highest BCUT2D eigenvalue weighted by Crippen LogP contribution is 2.02. The first-order valence-corrected chi connectivity index (χ1v) is 6.44. The van der Waals surface area contributed by atoms with Gasteiger partial charge in [0.2, 0.25) is 5.91 Å². The Morgan fingerprint density at radius 2 is 1.69 bits per heavy atom. The van der Waals surface area contributed by atoms with Crippen molar-refractivity contribution in [3.05, 3.63) is 0 Å². The summed E-state index contributed by atoms with van der Waals surface area (Å²) in [6.07, 6.45) is 2.14. The van der Waals surface area contributed by atoms with E-state index in [1.807, 2.05) is 6.92 Å². The number of hydrogen-bond acceptors (Lipinski definition) is 2. The Bertz CT molecular complexity index is 204. The molecule has 0 heterocycles. The number of rotatable bonds is 7. The zero-order valence-corrected chi connectivity index (χ0v) is 11.6. The van der Waals surface area contributed by atoms with Crippen LogP contribution in [0.1, 0.15) is 54.4 Å². The molecule has 96 valence electrons. The Kier molecular flexibility index (Phi) is 7.39. The summed E-state index contributed by atoms with van der Waals surface area (Å²) in [5.74, 6) is 0.650. The van der Waals surface area contributed by atoms with Crippen molar-refractivity contribution in [2.75, 3.05) is 0 Å². The highest BCUT2D eigenvalue weighted by molar-refractivity contribution is 5.81. The van der Waals surface area contributed by atoms with Gasteiger partial charge < -0.3 is 10.6 Å². The molecule has 0 saturated carbocycles. The minimum absolute atomic E-state index is 0.105. The smallest absolute Gasteiger partial charge is 0.237 e. The fraction of sp³-hybridized carbons (Fsp3) is 0.923. The van der Waals surface area contributed by atoms with Crippen molar-refractivity contribution >= 4 is 5.91 Å². The second-order valence-corrected chi connectivity index (χ2v) is 5.12. The molecule has 0 aliphatic heterocycles. The van der Waals surface area contributed by atoms with E-state index in [2.05, 4.69) is 45.3 Å². The summed E-state index contributed by atoms with van der Waals surface area (Å²) in [4.78, 5) is 11.8. The molecule has 0 spiro atoms. The maximum atomic E-state index is 11.8. The maximum absolute atomic E-state index is 11.8. The Morgan fingerprint density at radius 3 is 2.12 bits per heavy atom. The molecule has 0 rings (SSSR count). The Balaban J connectivity index is 3.99. The van der Waals surface area contributed by atoms with Crippen LogP contribution in [0.2, 0.25) is 0 Å². The van der Waals surface area contributed by atoms with E-state index in [1.165, 1.54) is 0 Å². The largest absolute Gasteiger partial charge is 0.352 e. The van der Waals surface area contributed by atoms with E-state index in [-0.39, 0.29) is 18.0 Å². The zero-order valence-electron chi connectivity index (χ0n) is 11.6. The van der Waals surface area contributed by atoms with Crippen molar-refractivity contribution in [2.45, 2.75) is 72.5 Å². The highest BCUT2D eigenvalue weighted by Gasteiger charge is 2.17. The molecule has 16 heavy (non-hydrogen) atoms. The lowest BCUT2D eigenvalue weighted by atomic mass is 10.1. The summed E-state index contributed by atoms with van der Waals surface area (Å²) < 4.78 is 0. The van der Waals surface area contributed by atoms with Gasteiger partial charge in [-0.05, 0) is 33.1 Å². The molecule has 2 N–H and O–H groups in total. The molecule has 1 amide bonds. The van der Waals surface area contributed by atoms with Crippen LogP contribution in [0.3, 0.4) is 0 Å². The molecule has 0 aliphatic carbocycles. The Morgan fingerprint density at radius 1 is 1.12 bits per heavy atom.